The zero-order valence-electron chi connectivity index (χ0n) is 68.3. The molecule has 11 aromatic carbocycles. The number of para-hydroxylation sites is 5. The van der Waals surface area contributed by atoms with Gasteiger partial charge in [0.25, 0.3) is 0 Å². The van der Waals surface area contributed by atoms with Gasteiger partial charge in [0.05, 0.1) is 36.8 Å². The van der Waals surface area contributed by atoms with Gasteiger partial charge in [-0.25, -0.2) is 15.0 Å². The number of carbonyl (C=O) groups excluding carboxylic acids is 1. The first-order chi connectivity index (χ1) is 60.6. The number of halogens is 2. The Hall–Kier alpha value is -11.8. The zero-order chi connectivity index (χ0) is 85.4. The van der Waals surface area contributed by atoms with Gasteiger partial charge in [0.1, 0.15) is 87.0 Å². The fraction of sp³-hybridized carbons (Fsp3) is 0.175. The number of fused-ring (bicyclic) bond motifs is 5. The molecule has 0 bridgehead atoms. The number of aliphatic hydroxyl groups excluding tert-OH is 2. The molecule has 4 aromatic heterocycles. The van der Waals surface area contributed by atoms with E-state index >= 15 is 0 Å². The molecular formula is C97H90BrIMgMnN8O15S. The molecule has 0 radical (unpaired) electrons. The van der Waals surface area contributed by atoms with Gasteiger partial charge in [0.15, 0.2) is 68.6 Å². The van der Waals surface area contributed by atoms with E-state index in [1.807, 2.05) is 116 Å². The fourth-order valence-electron chi connectivity index (χ4n) is 14.8. The first-order valence-corrected chi connectivity index (χ1v) is 42.1. The quantitative estimate of drug-likeness (QED) is 0.0150. The molecule has 0 saturated heterocycles. The molecule has 0 amide bonds. The smallest absolute Gasteiger partial charge is 0.164 e. The minimum atomic E-state index is -1.44. The van der Waals surface area contributed by atoms with Crippen LogP contribution in [0.15, 0.2) is 317 Å². The van der Waals surface area contributed by atoms with Crippen LogP contribution in [0.25, 0.3) is 0 Å². The molecule has 5 aliphatic heterocycles. The SMILES string of the molecule is Ic1cn(C(c2ccccc2)(c2ccccc2)c2ccccc2)cn1.O=Cc1cccc2c1OCCO2.OC(c1cn(C(c2ccccc2)(c2ccccc2)c2ccccc2)cn1)c1cccc2c1OCCO2.OCc1cccc2c1OCCO2.S=c1[nH]cc(Cc2cccc3c2OCCO3)[nH]1.[Br-].[CH2-]C.[Mg+2].[O]=[Mn]=[O].c1cc(Cc2cnc[nH]2)c2c(c1)OCCO2. The number of hydrogen-bond acceptors (Lipinski definition) is 19. The Bertz CT molecular complexity index is 5720. The summed E-state index contributed by atoms with van der Waals surface area (Å²) in [5, 5.41) is 20.4. The number of carbonyl (C=O) groups is 1. The first-order valence-electron chi connectivity index (χ1n) is 39.7. The number of rotatable bonds is 16. The van der Waals surface area contributed by atoms with Crippen LogP contribution < -0.4 is 64.4 Å². The summed E-state index contributed by atoms with van der Waals surface area (Å²) >= 11 is 5.83. The van der Waals surface area contributed by atoms with Crippen LogP contribution in [0.5, 0.6) is 57.5 Å². The van der Waals surface area contributed by atoms with E-state index in [0.29, 0.717) is 116 Å². The van der Waals surface area contributed by atoms with Gasteiger partial charge in [-0.05, 0) is 105 Å². The maximum absolute atomic E-state index is 11.4. The van der Waals surface area contributed by atoms with Gasteiger partial charge < -0.3 is 106 Å². The Labute approximate surface area is 776 Å². The molecule has 20 rings (SSSR count). The van der Waals surface area contributed by atoms with Gasteiger partial charge in [0.2, 0.25) is 0 Å². The third-order valence-corrected chi connectivity index (χ3v) is 20.8. The number of aldehydes is 1. The maximum Gasteiger partial charge on any atom is 0.164 e. The van der Waals surface area contributed by atoms with E-state index in [2.05, 4.69) is 234 Å². The van der Waals surface area contributed by atoms with Crippen molar-refractivity contribution in [3.05, 3.63) is 410 Å². The van der Waals surface area contributed by atoms with E-state index in [1.54, 1.807) is 37.8 Å². The van der Waals surface area contributed by atoms with Crippen molar-refractivity contribution >= 4 is 64.1 Å². The number of aromatic amines is 3. The molecule has 5 aliphatic rings. The Morgan fingerprint density at radius 2 is 0.800 bits per heavy atom. The van der Waals surface area contributed by atoms with Crippen molar-refractivity contribution in [1.82, 2.24) is 39.0 Å². The van der Waals surface area contributed by atoms with Crippen LogP contribution in [0.1, 0.15) is 96.1 Å². The number of imidazole rings is 4. The summed E-state index contributed by atoms with van der Waals surface area (Å²) in [6.45, 7) is 10.6. The second kappa shape index (κ2) is 47.9. The van der Waals surface area contributed by atoms with Gasteiger partial charge in [-0.2, -0.15) is 6.92 Å². The second-order valence-corrected chi connectivity index (χ2v) is 29.1. The minimum Gasteiger partial charge on any atom is -0.486 e. The van der Waals surface area contributed by atoms with Crippen molar-refractivity contribution in [2.45, 2.75) is 43.6 Å². The number of aliphatic hydroxyl groups is 2. The summed E-state index contributed by atoms with van der Waals surface area (Å²) < 4.78 is 78.0. The summed E-state index contributed by atoms with van der Waals surface area (Å²) in [4.78, 5) is 32.9. The van der Waals surface area contributed by atoms with Gasteiger partial charge in [-0.1, -0.05) is 237 Å². The van der Waals surface area contributed by atoms with Crippen LogP contribution in [0.4, 0.5) is 0 Å². The van der Waals surface area contributed by atoms with Crippen LogP contribution in [0.2, 0.25) is 0 Å². The molecule has 637 valence electrons. The van der Waals surface area contributed by atoms with E-state index in [1.165, 1.54) is 16.7 Å². The topological polar surface area (TPSA) is 280 Å². The van der Waals surface area contributed by atoms with Gasteiger partial charge in [-0.15, -0.1) is 0 Å². The van der Waals surface area contributed by atoms with E-state index in [0.717, 1.165) is 96.3 Å². The Morgan fingerprint density at radius 1 is 0.456 bits per heavy atom. The third kappa shape index (κ3) is 23.0. The van der Waals surface area contributed by atoms with Crippen LogP contribution >= 0.6 is 34.8 Å². The minimum absolute atomic E-state index is 0. The molecule has 125 heavy (non-hydrogen) atoms. The third-order valence-electron chi connectivity index (χ3n) is 20.1. The van der Waals surface area contributed by atoms with Crippen molar-refractivity contribution in [3.8, 4) is 57.5 Å². The van der Waals surface area contributed by atoms with Crippen molar-refractivity contribution in [2.24, 2.45) is 0 Å². The summed E-state index contributed by atoms with van der Waals surface area (Å²) in [5.74, 6) is 7.23. The number of benzene rings is 11. The number of nitrogens with zero attached hydrogens (tertiary/aromatic N) is 5. The maximum atomic E-state index is 11.4. The largest absolute Gasteiger partial charge is 0.486 e. The monoisotopic (exact) mass is 1920 g/mol. The molecule has 0 fully saturated rings. The number of ether oxygens (including phenoxy) is 10. The summed E-state index contributed by atoms with van der Waals surface area (Å²) in [7, 11) is 0. The van der Waals surface area contributed by atoms with E-state index < -0.39 is 32.0 Å². The average Bonchev–Trinajstić information content (AvgIpc) is 1.72. The first kappa shape index (κ1) is 93.9. The van der Waals surface area contributed by atoms with Gasteiger partial charge in [-0.3, -0.25) is 4.79 Å². The zero-order valence-corrected chi connectivity index (χ0v) is 75.4. The molecule has 28 heteroatoms. The van der Waals surface area contributed by atoms with Gasteiger partial charge >= 0.3 is 45.5 Å². The number of H-pyrrole nitrogens is 3. The molecule has 9 heterocycles. The molecule has 15 aromatic rings. The molecule has 0 spiro atoms. The average molecular weight is 1930 g/mol. The molecule has 23 nitrogen and oxygen atoms in total. The van der Waals surface area contributed by atoms with Gasteiger partial charge in [0, 0.05) is 71.3 Å². The normalized spacial score (nSPS) is 12.7. The van der Waals surface area contributed by atoms with Crippen molar-refractivity contribution in [1.29, 1.82) is 0 Å². The molecule has 5 N–H and O–H groups in total. The summed E-state index contributed by atoms with van der Waals surface area (Å²) in [5.41, 5.74) is 12.6. The van der Waals surface area contributed by atoms with Crippen molar-refractivity contribution in [3.63, 3.8) is 0 Å². The van der Waals surface area contributed by atoms with Crippen LogP contribution in [0.3, 0.4) is 0 Å². The van der Waals surface area contributed by atoms with Crippen molar-refractivity contribution in [2.75, 3.05) is 66.1 Å². The molecule has 1 atom stereocenters. The van der Waals surface area contributed by atoms with Crippen LogP contribution in [-0.2, 0) is 53.0 Å². The Balaban J connectivity index is 0.000000150. The molecule has 0 saturated carbocycles. The summed E-state index contributed by atoms with van der Waals surface area (Å²) in [6, 6.07) is 91.3. The van der Waals surface area contributed by atoms with Crippen LogP contribution in [0, 0.1) is 15.4 Å². The van der Waals surface area contributed by atoms with Crippen molar-refractivity contribution < 1.29 is 102 Å². The number of aromatic nitrogens is 8. The standard InChI is InChI=1S/C31H26N2O3.C22H17IN2.C12H12N2O2S.C12H12N2O2.C9H10O3.C9H8O3.C2H5.BrH.Mg.Mn.2O/c34-29(26-17-10-18-28-30(26)36-20-19-35-28)27-21-33(22-32-27)31(23-11-4-1-5-12-23,24-13-6-2-7-14-24)25-15-8-3-9-16-25;23-21-16-25(17-24-21)22(18-10-4-1-5-11-18,19-12-6-2-7-13-19)20-14-8-3-9-15-20;17-12-13-7-9(14-12)6-8-2-1-3-10-11(8)16-5-4-15-10;1-2-9(6-10-7-13-8-14-10)12-11(3-1)15-4-5-16-12;2*10-6-7-2-1-3-8-9(7)12-5-4-11-8;1-2;;;;;/h1-18,21-22,29,34H,19-20H2;1-17H;1-3,7H,4-6H2,(H2,13,14,17);1-3,7-8H,4-6H2,(H,13,14);1-3,10H,4-6H2;1-3,6H,4-5H2;1H2,2H3;1H;;;;/q;;;;;;-1;;+2;;;/p-1. The van der Waals surface area contributed by atoms with E-state index in [4.69, 9.17) is 77.3 Å². The van der Waals surface area contributed by atoms with Crippen LogP contribution in [-0.4, -0.2) is 145 Å². The van der Waals surface area contributed by atoms with E-state index in [-0.39, 0.29) is 46.6 Å². The fourth-order valence-corrected chi connectivity index (χ4v) is 15.5. The summed E-state index contributed by atoms with van der Waals surface area (Å²) in [6.07, 6.45) is 14.5. The molecule has 1 unspecified atom stereocenters. The Morgan fingerprint density at radius 3 is 1.18 bits per heavy atom. The molecule has 0 aliphatic carbocycles. The number of hydrogen-bond donors (Lipinski definition) is 5. The number of nitrogens with one attached hydrogen (secondary N) is 3. The predicted molar refractivity (Wildman–Crippen MR) is 477 cm³/mol. The predicted octanol–water partition coefficient (Wildman–Crippen LogP) is 14.6. The molecular weight excluding hydrogens is 1840 g/mol. The second-order valence-electron chi connectivity index (χ2n) is 27.4. The van der Waals surface area contributed by atoms with E-state index in [9.17, 15) is 9.90 Å². The Kier molecular flexibility index (Phi) is 35.9.